The van der Waals surface area contributed by atoms with Crippen molar-refractivity contribution in [2.24, 2.45) is 7.05 Å². The zero-order chi connectivity index (χ0) is 12.7. The second-order valence-electron chi connectivity index (χ2n) is 3.74. The first-order valence-corrected chi connectivity index (χ1v) is 6.98. The van der Waals surface area contributed by atoms with E-state index in [-0.39, 0.29) is 0 Å². The predicted molar refractivity (Wildman–Crippen MR) is 73.5 cm³/mol. The van der Waals surface area contributed by atoms with Crippen LogP contribution >= 0.6 is 11.3 Å². The van der Waals surface area contributed by atoms with Gasteiger partial charge in [0.1, 0.15) is 5.82 Å². The first-order chi connectivity index (χ1) is 8.22. The molecule has 0 radical (unpaired) electrons. The lowest BCUT2D eigenvalue weighted by Crippen LogP contribution is -1.92. The van der Waals surface area contributed by atoms with Gasteiger partial charge in [-0.3, -0.25) is 0 Å². The highest BCUT2D eigenvalue weighted by Gasteiger charge is 1.98. The smallest absolute Gasteiger partial charge is 0.108 e. The summed E-state index contributed by atoms with van der Waals surface area (Å²) in [5.41, 5.74) is 3.21. The molecule has 0 aromatic carbocycles. The summed E-state index contributed by atoms with van der Waals surface area (Å²) in [5, 5.41) is 0. The summed E-state index contributed by atoms with van der Waals surface area (Å²) in [7, 11) is 2.01. The fourth-order valence-corrected chi connectivity index (χ4v) is 2.41. The van der Waals surface area contributed by atoms with Gasteiger partial charge in [-0.15, -0.1) is 11.3 Å². The van der Waals surface area contributed by atoms with Gasteiger partial charge in [0.05, 0.1) is 11.2 Å². The van der Waals surface area contributed by atoms with E-state index in [0.717, 1.165) is 25.1 Å². The molecule has 0 saturated carbocycles. The van der Waals surface area contributed by atoms with Crippen molar-refractivity contribution in [2.45, 2.75) is 40.0 Å². The van der Waals surface area contributed by atoms with Gasteiger partial charge in [-0.05, 0) is 12.8 Å². The average molecular weight is 251 g/mol. The minimum Gasteiger partial charge on any atom is -0.338 e. The first-order valence-electron chi connectivity index (χ1n) is 6.10. The molecule has 2 rings (SSSR count). The molecule has 0 saturated heterocycles. The fourth-order valence-electron chi connectivity index (χ4n) is 1.61. The molecule has 0 aliphatic carbocycles. The minimum atomic E-state index is 1.02. The van der Waals surface area contributed by atoms with Gasteiger partial charge in [0.15, 0.2) is 0 Å². The number of thiazole rings is 1. The summed E-state index contributed by atoms with van der Waals surface area (Å²) in [6.07, 6.45) is 7.00. The van der Waals surface area contributed by atoms with Gasteiger partial charge in [0.2, 0.25) is 0 Å². The molecular formula is C13H21N3S. The monoisotopic (exact) mass is 251 g/mol. The summed E-state index contributed by atoms with van der Waals surface area (Å²) >= 11 is 1.76. The van der Waals surface area contributed by atoms with Crippen LogP contribution in [-0.2, 0) is 26.3 Å². The number of hydrogen-bond donors (Lipinski definition) is 0. The lowest BCUT2D eigenvalue weighted by Gasteiger charge is -1.92. The molecule has 0 aliphatic heterocycles. The van der Waals surface area contributed by atoms with Gasteiger partial charge >= 0.3 is 0 Å². The number of hydrogen-bond acceptors (Lipinski definition) is 3. The zero-order valence-corrected chi connectivity index (χ0v) is 11.9. The highest BCUT2D eigenvalue weighted by Crippen LogP contribution is 2.13. The van der Waals surface area contributed by atoms with Crippen molar-refractivity contribution in [1.82, 2.24) is 14.5 Å². The quantitative estimate of drug-likeness (QED) is 0.838. The Hall–Kier alpha value is -1.16. The van der Waals surface area contributed by atoms with E-state index < -0.39 is 0 Å². The van der Waals surface area contributed by atoms with E-state index in [4.69, 9.17) is 0 Å². The van der Waals surface area contributed by atoms with Crippen molar-refractivity contribution >= 4 is 11.3 Å². The van der Waals surface area contributed by atoms with Crippen molar-refractivity contribution in [1.29, 1.82) is 0 Å². The Bertz CT molecular complexity index is 413. The average Bonchev–Trinajstić information content (AvgIpc) is 2.97. The van der Waals surface area contributed by atoms with Crippen LogP contribution in [0.4, 0.5) is 0 Å². The molecule has 0 N–H and O–H groups in total. The Morgan fingerprint density at radius 1 is 1.12 bits per heavy atom. The minimum absolute atomic E-state index is 1.02. The van der Waals surface area contributed by atoms with E-state index in [2.05, 4.69) is 30.7 Å². The highest BCUT2D eigenvalue weighted by molar-refractivity contribution is 7.09. The van der Waals surface area contributed by atoms with Crippen molar-refractivity contribution in [3.05, 3.63) is 34.3 Å². The predicted octanol–water partition coefficient (Wildman–Crippen LogP) is 3.25. The molecule has 0 unspecified atom stereocenters. The number of aryl methyl sites for hydroxylation is 4. The number of rotatable bonds is 3. The molecule has 0 bridgehead atoms. The first kappa shape index (κ1) is 13.9. The molecule has 0 amide bonds. The highest BCUT2D eigenvalue weighted by atomic mass is 32.1. The van der Waals surface area contributed by atoms with Crippen molar-refractivity contribution in [2.75, 3.05) is 0 Å². The zero-order valence-electron chi connectivity index (χ0n) is 11.1. The second kappa shape index (κ2) is 7.22. The molecule has 0 spiro atoms. The van der Waals surface area contributed by atoms with Gasteiger partial charge in [0.25, 0.3) is 0 Å². The van der Waals surface area contributed by atoms with Gasteiger partial charge < -0.3 is 4.57 Å². The van der Waals surface area contributed by atoms with Gasteiger partial charge in [-0.1, -0.05) is 20.8 Å². The molecule has 2 heterocycles. The molecule has 3 nitrogen and oxygen atoms in total. The molecule has 94 valence electrons. The molecule has 2 aromatic heterocycles. The van der Waals surface area contributed by atoms with Crippen LogP contribution in [0.15, 0.2) is 17.9 Å². The number of nitrogens with zero attached hydrogens (tertiary/aromatic N) is 3. The summed E-state index contributed by atoms with van der Waals surface area (Å²) in [4.78, 5) is 9.76. The lowest BCUT2D eigenvalue weighted by atomic mass is 10.2. The normalized spacial score (nSPS) is 9.88. The van der Waals surface area contributed by atoms with Crippen LogP contribution in [0.3, 0.4) is 0 Å². The summed E-state index contributed by atoms with van der Waals surface area (Å²) < 4.78 is 2.03. The number of imidazole rings is 1. The molecule has 2 aromatic rings. The number of aromatic nitrogens is 3. The van der Waals surface area contributed by atoms with Crippen LogP contribution in [-0.4, -0.2) is 14.5 Å². The van der Waals surface area contributed by atoms with Crippen LogP contribution in [0.2, 0.25) is 0 Å². The van der Waals surface area contributed by atoms with Crippen LogP contribution in [0, 0.1) is 0 Å². The van der Waals surface area contributed by atoms with Crippen LogP contribution in [0.25, 0.3) is 0 Å². The molecule has 0 aliphatic rings. The van der Waals surface area contributed by atoms with Crippen molar-refractivity contribution in [3.8, 4) is 0 Å². The third-order valence-corrected chi connectivity index (χ3v) is 3.64. The molecular weight excluding hydrogens is 230 g/mol. The summed E-state index contributed by atoms with van der Waals surface area (Å²) in [5.74, 6) is 1.14. The maximum atomic E-state index is 4.22. The van der Waals surface area contributed by atoms with Crippen molar-refractivity contribution in [3.63, 3.8) is 0 Å². The standard InChI is InChI=1S/C7H11NS.C6H10N2/c1-3-6-7(4-2)9-5-8-6;1-3-6-7-4-5-8(6)2/h5H,3-4H2,1-2H3;4-5H,3H2,1-2H3. The van der Waals surface area contributed by atoms with Crippen molar-refractivity contribution < 1.29 is 0 Å². The van der Waals surface area contributed by atoms with Crippen LogP contribution in [0.5, 0.6) is 0 Å². The summed E-state index contributed by atoms with van der Waals surface area (Å²) in [6, 6.07) is 0. The second-order valence-corrected chi connectivity index (χ2v) is 4.68. The Morgan fingerprint density at radius 2 is 1.88 bits per heavy atom. The Balaban J connectivity index is 0.000000171. The Morgan fingerprint density at radius 3 is 2.24 bits per heavy atom. The largest absolute Gasteiger partial charge is 0.338 e. The third-order valence-electron chi connectivity index (χ3n) is 2.62. The summed E-state index contributed by atoms with van der Waals surface area (Å²) in [6.45, 7) is 6.42. The van der Waals surface area contributed by atoms with Gasteiger partial charge in [-0.25, -0.2) is 9.97 Å². The fraction of sp³-hybridized carbons (Fsp3) is 0.538. The van der Waals surface area contributed by atoms with E-state index in [1.54, 1.807) is 11.3 Å². The van der Waals surface area contributed by atoms with E-state index >= 15 is 0 Å². The van der Waals surface area contributed by atoms with E-state index in [1.165, 1.54) is 10.6 Å². The van der Waals surface area contributed by atoms with E-state index in [9.17, 15) is 0 Å². The molecule has 4 heteroatoms. The maximum absolute atomic E-state index is 4.22. The van der Waals surface area contributed by atoms with E-state index in [0.29, 0.717) is 0 Å². The maximum Gasteiger partial charge on any atom is 0.108 e. The molecule has 17 heavy (non-hydrogen) atoms. The Kier molecular flexibility index (Phi) is 5.91. The van der Waals surface area contributed by atoms with Gasteiger partial charge in [0, 0.05) is 30.7 Å². The SMILES string of the molecule is CCc1nccn1C.CCc1ncsc1CC. The Labute approximate surface area is 108 Å². The van der Waals surface area contributed by atoms with Crippen LogP contribution in [0.1, 0.15) is 37.2 Å². The molecule has 0 atom stereocenters. The lowest BCUT2D eigenvalue weighted by molar-refractivity contribution is 0.808. The molecule has 0 fully saturated rings. The topological polar surface area (TPSA) is 30.7 Å². The third kappa shape index (κ3) is 3.97. The van der Waals surface area contributed by atoms with E-state index in [1.807, 2.05) is 29.5 Å². The van der Waals surface area contributed by atoms with Gasteiger partial charge in [-0.2, -0.15) is 0 Å². The van der Waals surface area contributed by atoms with Crippen LogP contribution < -0.4 is 0 Å².